The van der Waals surface area contributed by atoms with Crippen LogP contribution >= 0.6 is 0 Å². The Morgan fingerprint density at radius 3 is 1.91 bits per heavy atom. The van der Waals surface area contributed by atoms with Crippen LogP contribution < -0.4 is 10.6 Å². The van der Waals surface area contributed by atoms with Gasteiger partial charge in [-0.15, -0.1) is 0 Å². The van der Waals surface area contributed by atoms with Gasteiger partial charge in [0.05, 0.1) is 33.3 Å². The van der Waals surface area contributed by atoms with E-state index in [-0.39, 0.29) is 0 Å². The summed E-state index contributed by atoms with van der Waals surface area (Å²) in [5.74, 6) is 1.09. The van der Waals surface area contributed by atoms with Crippen molar-refractivity contribution in [2.45, 2.75) is 5.41 Å². The average Bonchev–Trinajstić information content (AvgIpc) is 3.90. The number of aromatic nitrogens is 3. The summed E-state index contributed by atoms with van der Waals surface area (Å²) in [6.07, 6.45) is 10.7. The number of fused-ring (bicyclic) bond motifs is 9. The molecule has 6 aromatic carbocycles. The molecule has 0 amide bonds. The fraction of sp³-hybridized carbons (Fsp3) is 0.0577. The second kappa shape index (κ2) is 12.3. The summed E-state index contributed by atoms with van der Waals surface area (Å²) in [5, 5.41) is 8.58. The monoisotopic (exact) mass is 731 g/mol. The van der Waals surface area contributed by atoms with Crippen molar-refractivity contribution in [3.63, 3.8) is 0 Å². The van der Waals surface area contributed by atoms with Gasteiger partial charge in [-0.2, -0.15) is 0 Å². The van der Waals surface area contributed by atoms with Crippen molar-refractivity contribution in [1.82, 2.24) is 14.1 Å². The number of nitrogens with zero attached hydrogens (tertiary/aromatic N) is 3. The highest BCUT2D eigenvalue weighted by atomic mass is 15.1. The van der Waals surface area contributed by atoms with Crippen LogP contribution in [-0.4, -0.2) is 27.2 Å². The number of pyridine rings is 1. The molecular formula is C52H37N5. The third-order valence-electron chi connectivity index (χ3n) is 12.3. The van der Waals surface area contributed by atoms with Gasteiger partial charge in [0.25, 0.3) is 0 Å². The van der Waals surface area contributed by atoms with Crippen LogP contribution in [0.5, 0.6) is 0 Å². The highest BCUT2D eigenvalue weighted by Crippen LogP contribution is 2.57. The maximum Gasteiger partial charge on any atom is 0.120 e. The van der Waals surface area contributed by atoms with Crippen LogP contribution in [0.15, 0.2) is 176 Å². The van der Waals surface area contributed by atoms with Crippen molar-refractivity contribution < 1.29 is 0 Å². The van der Waals surface area contributed by atoms with Crippen molar-refractivity contribution >= 4 is 45.6 Å². The van der Waals surface area contributed by atoms with E-state index in [1.165, 1.54) is 66.8 Å². The molecule has 57 heavy (non-hydrogen) atoms. The van der Waals surface area contributed by atoms with Crippen LogP contribution in [0.2, 0.25) is 0 Å². The van der Waals surface area contributed by atoms with Gasteiger partial charge in [0, 0.05) is 41.6 Å². The number of hydrogen-bond donors (Lipinski definition) is 2. The summed E-state index contributed by atoms with van der Waals surface area (Å²) >= 11 is 0. The fourth-order valence-electron chi connectivity index (χ4n) is 9.87. The van der Waals surface area contributed by atoms with Gasteiger partial charge in [0.2, 0.25) is 0 Å². The average molecular weight is 732 g/mol. The molecule has 0 spiro atoms. The lowest BCUT2D eigenvalue weighted by Gasteiger charge is -2.34. The number of nitrogens with one attached hydrogen (secondary N) is 2. The topological polar surface area (TPSA) is 46.8 Å². The smallest absolute Gasteiger partial charge is 0.120 e. The van der Waals surface area contributed by atoms with Crippen LogP contribution in [0.25, 0.3) is 67.7 Å². The van der Waals surface area contributed by atoms with Crippen LogP contribution in [0, 0.1) is 0 Å². The molecule has 270 valence electrons. The molecule has 0 radical (unpaired) electrons. The van der Waals surface area contributed by atoms with Crippen molar-refractivity contribution in [3.05, 3.63) is 210 Å². The summed E-state index contributed by atoms with van der Waals surface area (Å²) in [4.78, 5) is 4.72. The van der Waals surface area contributed by atoms with Crippen LogP contribution in [0.4, 0.5) is 11.5 Å². The Bertz CT molecular complexity index is 3050. The minimum Gasteiger partial charge on any atom is -0.379 e. The number of anilines is 2. The Hall–Kier alpha value is -7.37. The first-order chi connectivity index (χ1) is 28.3. The largest absolute Gasteiger partial charge is 0.379 e. The van der Waals surface area contributed by atoms with Gasteiger partial charge in [0.1, 0.15) is 5.82 Å². The van der Waals surface area contributed by atoms with Crippen molar-refractivity contribution in [2.75, 3.05) is 23.7 Å². The Morgan fingerprint density at radius 1 is 0.526 bits per heavy atom. The second-order valence-corrected chi connectivity index (χ2v) is 15.2. The molecule has 5 nitrogen and oxygen atoms in total. The van der Waals surface area contributed by atoms with Crippen LogP contribution in [0.3, 0.4) is 0 Å². The molecule has 5 heteroatoms. The molecule has 2 N–H and O–H groups in total. The molecule has 0 saturated carbocycles. The van der Waals surface area contributed by atoms with Crippen LogP contribution in [-0.2, 0) is 5.41 Å². The van der Waals surface area contributed by atoms with E-state index in [0.29, 0.717) is 0 Å². The van der Waals surface area contributed by atoms with Gasteiger partial charge < -0.3 is 15.2 Å². The van der Waals surface area contributed by atoms with Crippen molar-refractivity contribution in [2.24, 2.45) is 0 Å². The summed E-state index contributed by atoms with van der Waals surface area (Å²) in [6, 6.07) is 58.1. The van der Waals surface area contributed by atoms with Gasteiger partial charge >= 0.3 is 0 Å². The zero-order chi connectivity index (χ0) is 37.5. The summed E-state index contributed by atoms with van der Waals surface area (Å²) in [7, 11) is 0. The molecule has 2 aliphatic heterocycles. The van der Waals surface area contributed by atoms with Gasteiger partial charge in [0.15, 0.2) is 0 Å². The number of hydrogen-bond acceptors (Lipinski definition) is 3. The lowest BCUT2D eigenvalue weighted by Crippen LogP contribution is -2.28. The molecule has 0 atom stereocenters. The van der Waals surface area contributed by atoms with E-state index in [9.17, 15) is 0 Å². The molecule has 1 aliphatic carbocycles. The highest BCUT2D eigenvalue weighted by Gasteiger charge is 2.46. The van der Waals surface area contributed by atoms with E-state index in [4.69, 9.17) is 4.98 Å². The molecule has 3 aliphatic rings. The molecule has 0 fully saturated rings. The van der Waals surface area contributed by atoms with E-state index in [1.54, 1.807) is 0 Å². The van der Waals surface area contributed by atoms with Crippen molar-refractivity contribution in [1.29, 1.82) is 0 Å². The lowest BCUT2D eigenvalue weighted by atomic mass is 9.67. The lowest BCUT2D eigenvalue weighted by molar-refractivity contribution is 0.769. The zero-order valence-electron chi connectivity index (χ0n) is 31.2. The minimum atomic E-state index is -0.465. The third kappa shape index (κ3) is 4.54. The highest BCUT2D eigenvalue weighted by molar-refractivity contribution is 6.05. The van der Waals surface area contributed by atoms with Gasteiger partial charge in [-0.3, -0.25) is 9.55 Å². The SMILES string of the molecule is C1=Cc2c(c3cc4c(cc3n2-c2ccc(-c3ccc(-n5c6c(c7ncccc75)C=CCN6)cc3)cc2)C(c2ccccc2)(c2ccccc2)c2ccccc2-4)NC1. The normalized spacial score (nSPS) is 14.5. The predicted molar refractivity (Wildman–Crippen MR) is 236 cm³/mol. The Morgan fingerprint density at radius 2 is 1.18 bits per heavy atom. The Kier molecular flexibility index (Phi) is 6.90. The third-order valence-corrected chi connectivity index (χ3v) is 12.3. The summed E-state index contributed by atoms with van der Waals surface area (Å²) in [6.45, 7) is 1.61. The molecule has 5 heterocycles. The van der Waals surface area contributed by atoms with E-state index < -0.39 is 5.41 Å². The Labute approximate surface area is 330 Å². The maximum absolute atomic E-state index is 4.72. The molecular weight excluding hydrogens is 695 g/mol. The fourth-order valence-corrected chi connectivity index (χ4v) is 9.87. The minimum absolute atomic E-state index is 0.465. The van der Waals surface area contributed by atoms with Crippen molar-refractivity contribution in [3.8, 4) is 33.6 Å². The molecule has 0 unspecified atom stereocenters. The standard InChI is InChI=1S/C52H37N5/c1-3-12-36(13-4-1)52(37-14-5-2-6-15-37)44-18-8-7-16-40(44)42-32-43-48(33-45(42)52)56(46-19-10-30-54-50(43)46)38-25-21-34(22-26-38)35-23-27-39(28-24-35)57-47-20-11-29-53-49(47)41-17-9-31-55-51(41)57/h1-29,32-33,54-55H,30-31H2. The number of rotatable bonds is 5. The van der Waals surface area contributed by atoms with Gasteiger partial charge in [-0.1, -0.05) is 127 Å². The van der Waals surface area contributed by atoms with E-state index >= 15 is 0 Å². The summed E-state index contributed by atoms with van der Waals surface area (Å²) in [5.41, 5.74) is 18.7. The van der Waals surface area contributed by atoms with E-state index in [2.05, 4.69) is 196 Å². The molecule has 0 saturated heterocycles. The first kappa shape index (κ1) is 31.9. The van der Waals surface area contributed by atoms with Gasteiger partial charge in [-0.05, 0) is 99.1 Å². The molecule has 9 aromatic rings. The van der Waals surface area contributed by atoms with Gasteiger partial charge in [-0.25, -0.2) is 0 Å². The second-order valence-electron chi connectivity index (χ2n) is 15.2. The van der Waals surface area contributed by atoms with E-state index in [0.717, 1.165) is 46.9 Å². The molecule has 3 aromatic heterocycles. The quantitative estimate of drug-likeness (QED) is 0.185. The molecule has 12 rings (SSSR count). The molecule has 0 bridgehead atoms. The predicted octanol–water partition coefficient (Wildman–Crippen LogP) is 11.9. The number of benzene rings is 6. The maximum atomic E-state index is 4.72. The van der Waals surface area contributed by atoms with E-state index in [1.807, 2.05) is 12.3 Å². The summed E-state index contributed by atoms with van der Waals surface area (Å²) < 4.78 is 4.73. The first-order valence-corrected chi connectivity index (χ1v) is 19.7. The zero-order valence-corrected chi connectivity index (χ0v) is 31.2. The first-order valence-electron chi connectivity index (χ1n) is 19.7. The van der Waals surface area contributed by atoms with Crippen LogP contribution in [0.1, 0.15) is 33.5 Å². The Balaban J connectivity index is 0.999.